The fraction of sp³-hybridized carbons (Fsp3) is 0.583. The molecule has 0 unspecified atom stereocenters. The average molecular weight is 316 g/mol. The van der Waals surface area contributed by atoms with Crippen molar-refractivity contribution >= 4 is 41.2 Å². The quantitative estimate of drug-likeness (QED) is 0.761. The van der Waals surface area contributed by atoms with Gasteiger partial charge in [-0.25, -0.2) is 9.59 Å². The molecule has 2 atom stereocenters. The number of rotatable bonds is 2. The number of hydrogen-bond acceptors (Lipinski definition) is 8. The Bertz CT molecular complexity index is 490. The Balaban J connectivity index is 2.38. The van der Waals surface area contributed by atoms with Crippen LogP contribution in [0.25, 0.3) is 0 Å². The minimum Gasteiger partial charge on any atom is -0.464 e. The molecule has 8 heteroatoms. The number of hydrogen-bond donors (Lipinski definition) is 1. The molecule has 6 nitrogen and oxygen atoms in total. The summed E-state index contributed by atoms with van der Waals surface area (Å²) in [6.07, 6.45) is 0. The first-order chi connectivity index (χ1) is 9.58. The Morgan fingerprint density at radius 3 is 2.60 bits per heavy atom. The number of nitrogens with zero attached hydrogens (tertiary/aromatic N) is 1. The molecule has 0 radical (unpaired) electrons. The molecule has 0 spiro atoms. The van der Waals surface area contributed by atoms with Gasteiger partial charge in [-0.2, -0.15) is 5.10 Å². The van der Waals surface area contributed by atoms with E-state index in [0.29, 0.717) is 27.5 Å². The first kappa shape index (κ1) is 15.2. The van der Waals surface area contributed by atoms with Crippen LogP contribution in [-0.4, -0.2) is 48.0 Å². The largest absolute Gasteiger partial charge is 0.464 e. The number of hydrazone groups is 1. The van der Waals surface area contributed by atoms with Gasteiger partial charge < -0.3 is 9.47 Å². The molecular weight excluding hydrogens is 300 g/mol. The molecule has 0 aromatic rings. The van der Waals surface area contributed by atoms with Crippen molar-refractivity contribution in [2.24, 2.45) is 11.0 Å². The lowest BCUT2D eigenvalue weighted by molar-refractivity contribution is -0.137. The summed E-state index contributed by atoms with van der Waals surface area (Å²) >= 11 is 3.47. The van der Waals surface area contributed by atoms with Gasteiger partial charge in [-0.05, 0) is 12.5 Å². The van der Waals surface area contributed by atoms with Gasteiger partial charge in [-0.15, -0.1) is 23.5 Å². The Kier molecular flexibility index (Phi) is 4.98. The zero-order chi connectivity index (χ0) is 14.7. The van der Waals surface area contributed by atoms with Crippen molar-refractivity contribution < 1.29 is 19.1 Å². The van der Waals surface area contributed by atoms with E-state index in [9.17, 15) is 9.59 Å². The van der Waals surface area contributed by atoms with Crippen LogP contribution >= 0.6 is 23.5 Å². The van der Waals surface area contributed by atoms with Crippen LogP contribution in [0, 0.1) is 5.92 Å². The minimum absolute atomic E-state index is 0.208. The summed E-state index contributed by atoms with van der Waals surface area (Å²) in [4.78, 5) is 23.6. The number of nitrogens with one attached hydrogen (secondary N) is 1. The molecule has 2 heterocycles. The number of esters is 2. The number of fused-ring (bicyclic) bond motifs is 1. The lowest BCUT2D eigenvalue weighted by atomic mass is 9.93. The number of carbonyl (C=O) groups excluding carboxylic acids is 2. The third kappa shape index (κ3) is 2.95. The Hall–Kier alpha value is -1.15. The van der Waals surface area contributed by atoms with Gasteiger partial charge in [0.25, 0.3) is 0 Å². The zero-order valence-corrected chi connectivity index (χ0v) is 13.1. The molecule has 110 valence electrons. The van der Waals surface area contributed by atoms with E-state index >= 15 is 0 Å². The fourth-order valence-electron chi connectivity index (χ4n) is 2.02. The van der Waals surface area contributed by atoms with E-state index in [1.165, 1.54) is 14.2 Å². The monoisotopic (exact) mass is 316 g/mol. The lowest BCUT2D eigenvalue weighted by Crippen LogP contribution is -2.38. The molecule has 1 fully saturated rings. The third-order valence-corrected chi connectivity index (χ3v) is 5.87. The summed E-state index contributed by atoms with van der Waals surface area (Å²) in [6, 6.07) is 0. The van der Waals surface area contributed by atoms with Crippen LogP contribution < -0.4 is 5.43 Å². The van der Waals surface area contributed by atoms with E-state index in [4.69, 9.17) is 9.47 Å². The lowest BCUT2D eigenvalue weighted by Gasteiger charge is -2.24. The van der Waals surface area contributed by atoms with E-state index in [1.807, 2.05) is 0 Å². The Labute approximate surface area is 125 Å². The first-order valence-corrected chi connectivity index (χ1v) is 8.14. The first-order valence-electron chi connectivity index (χ1n) is 6.05. The molecule has 2 aliphatic rings. The van der Waals surface area contributed by atoms with Gasteiger partial charge in [0, 0.05) is 22.0 Å². The molecule has 0 aromatic carbocycles. The van der Waals surface area contributed by atoms with Crippen molar-refractivity contribution in [2.75, 3.05) is 25.7 Å². The van der Waals surface area contributed by atoms with Gasteiger partial charge in [-0.3, -0.25) is 5.43 Å². The maximum atomic E-state index is 11.8. The predicted octanol–water partition coefficient (Wildman–Crippen LogP) is 0.988. The number of carbonyl (C=O) groups is 2. The molecule has 0 aromatic heterocycles. The van der Waals surface area contributed by atoms with Gasteiger partial charge in [0.1, 0.15) is 5.70 Å². The van der Waals surface area contributed by atoms with Gasteiger partial charge in [0.05, 0.1) is 14.2 Å². The molecule has 0 aliphatic carbocycles. The van der Waals surface area contributed by atoms with Crippen LogP contribution in [0.4, 0.5) is 0 Å². The number of thioether (sulfide) groups is 2. The summed E-state index contributed by atoms with van der Waals surface area (Å²) in [7, 11) is 2.65. The van der Waals surface area contributed by atoms with Gasteiger partial charge in [-0.1, -0.05) is 0 Å². The molecule has 1 saturated heterocycles. The van der Waals surface area contributed by atoms with Crippen molar-refractivity contribution in [1.82, 2.24) is 5.43 Å². The highest BCUT2D eigenvalue weighted by Gasteiger charge is 2.37. The van der Waals surface area contributed by atoms with Crippen LogP contribution in [0.2, 0.25) is 0 Å². The van der Waals surface area contributed by atoms with E-state index in [1.54, 1.807) is 23.5 Å². The standard InChI is InChI=1S/C12H16N2O4S2/c1-6-19-4-7-8(5-20-6)10(12(16)18-3)14-13-9(7)11(15)17-2/h6-7,14H,4-5H2,1-3H3/t6-,7-/m1/s1. The Morgan fingerprint density at radius 1 is 1.25 bits per heavy atom. The molecule has 0 amide bonds. The van der Waals surface area contributed by atoms with Crippen LogP contribution in [0.15, 0.2) is 16.4 Å². The molecular formula is C12H16N2O4S2. The van der Waals surface area contributed by atoms with Crippen molar-refractivity contribution in [1.29, 1.82) is 0 Å². The van der Waals surface area contributed by atoms with Crippen molar-refractivity contribution in [2.45, 2.75) is 11.5 Å². The zero-order valence-electron chi connectivity index (χ0n) is 11.5. The van der Waals surface area contributed by atoms with Crippen LogP contribution in [0.1, 0.15) is 6.92 Å². The second kappa shape index (κ2) is 6.53. The van der Waals surface area contributed by atoms with E-state index in [-0.39, 0.29) is 5.92 Å². The summed E-state index contributed by atoms with van der Waals surface area (Å²) < 4.78 is 9.93. The molecule has 0 saturated carbocycles. The maximum absolute atomic E-state index is 11.8. The third-order valence-electron chi connectivity index (χ3n) is 3.12. The van der Waals surface area contributed by atoms with Crippen molar-refractivity contribution in [3.05, 3.63) is 11.3 Å². The maximum Gasteiger partial charge on any atom is 0.356 e. The van der Waals surface area contributed by atoms with Crippen LogP contribution in [0.5, 0.6) is 0 Å². The topological polar surface area (TPSA) is 77.0 Å². The second-order valence-corrected chi connectivity index (χ2v) is 7.26. The van der Waals surface area contributed by atoms with E-state index in [0.717, 1.165) is 5.57 Å². The highest BCUT2D eigenvalue weighted by Crippen LogP contribution is 2.37. The predicted molar refractivity (Wildman–Crippen MR) is 79.5 cm³/mol. The van der Waals surface area contributed by atoms with E-state index < -0.39 is 11.9 Å². The summed E-state index contributed by atoms with van der Waals surface area (Å²) in [5, 5.41) is 4.01. The summed E-state index contributed by atoms with van der Waals surface area (Å²) in [5.41, 5.74) is 4.16. The van der Waals surface area contributed by atoms with Gasteiger partial charge >= 0.3 is 11.9 Å². The number of ether oxygens (including phenoxy) is 2. The fourth-order valence-corrected chi connectivity index (χ4v) is 4.42. The SMILES string of the molecule is COC(=O)C1=NNC(C(=O)OC)=C2CS[C@H](C)SC[C@@H]12. The highest BCUT2D eigenvalue weighted by atomic mass is 32.2. The summed E-state index contributed by atoms with van der Waals surface area (Å²) in [5.74, 6) is 0.216. The van der Waals surface area contributed by atoms with Gasteiger partial charge in [0.15, 0.2) is 5.71 Å². The average Bonchev–Trinajstić information content (AvgIpc) is 2.67. The smallest absolute Gasteiger partial charge is 0.356 e. The van der Waals surface area contributed by atoms with E-state index in [2.05, 4.69) is 17.5 Å². The highest BCUT2D eigenvalue weighted by molar-refractivity contribution is 8.17. The van der Waals surface area contributed by atoms with Crippen molar-refractivity contribution in [3.8, 4) is 0 Å². The van der Waals surface area contributed by atoms with Gasteiger partial charge in [0.2, 0.25) is 0 Å². The molecule has 1 N–H and O–H groups in total. The molecule has 2 rings (SSSR count). The molecule has 2 aliphatic heterocycles. The molecule has 20 heavy (non-hydrogen) atoms. The minimum atomic E-state index is -0.468. The second-order valence-electron chi connectivity index (χ2n) is 4.26. The summed E-state index contributed by atoms with van der Waals surface area (Å²) in [6.45, 7) is 2.10. The molecule has 0 bridgehead atoms. The van der Waals surface area contributed by atoms with Crippen LogP contribution in [0.3, 0.4) is 0 Å². The van der Waals surface area contributed by atoms with Crippen molar-refractivity contribution in [3.63, 3.8) is 0 Å². The normalized spacial score (nSPS) is 25.9. The number of methoxy groups -OCH3 is 2. The van der Waals surface area contributed by atoms with Crippen LogP contribution in [-0.2, 0) is 19.1 Å². The Morgan fingerprint density at radius 2 is 1.95 bits per heavy atom.